The zero-order valence-corrected chi connectivity index (χ0v) is 9.76. The van der Waals surface area contributed by atoms with E-state index >= 15 is 0 Å². The van der Waals surface area contributed by atoms with Crippen molar-refractivity contribution in [3.63, 3.8) is 0 Å². The second-order valence-electron chi connectivity index (χ2n) is 3.64. The SMILES string of the molecule is CCOC(=O)C(N)Cc1cc(F)cc([N+](=O)[O-])c1. The second-order valence-corrected chi connectivity index (χ2v) is 3.64. The molecule has 0 heterocycles. The molecule has 0 fully saturated rings. The first kappa shape index (κ1) is 14.0. The number of carbonyl (C=O) groups is 1. The molecular weight excluding hydrogens is 243 g/mol. The quantitative estimate of drug-likeness (QED) is 0.484. The number of nitro benzene ring substituents is 1. The zero-order chi connectivity index (χ0) is 13.7. The fourth-order valence-corrected chi connectivity index (χ4v) is 1.44. The number of nitrogens with two attached hydrogens (primary N) is 1. The summed E-state index contributed by atoms with van der Waals surface area (Å²) in [6.45, 7) is 1.83. The van der Waals surface area contributed by atoms with Gasteiger partial charge in [0.15, 0.2) is 0 Å². The van der Waals surface area contributed by atoms with Crippen LogP contribution in [0.5, 0.6) is 0 Å². The van der Waals surface area contributed by atoms with Gasteiger partial charge in [0.2, 0.25) is 0 Å². The van der Waals surface area contributed by atoms with Gasteiger partial charge in [0, 0.05) is 6.07 Å². The summed E-state index contributed by atoms with van der Waals surface area (Å²) in [5.74, 6) is -1.36. The third-order valence-corrected chi connectivity index (χ3v) is 2.20. The van der Waals surface area contributed by atoms with Gasteiger partial charge >= 0.3 is 5.97 Å². The van der Waals surface area contributed by atoms with Gasteiger partial charge in [-0.2, -0.15) is 0 Å². The van der Waals surface area contributed by atoms with Crippen LogP contribution < -0.4 is 5.73 Å². The first-order valence-corrected chi connectivity index (χ1v) is 5.30. The summed E-state index contributed by atoms with van der Waals surface area (Å²) in [5, 5.41) is 10.5. The Morgan fingerprint density at radius 1 is 1.56 bits per heavy atom. The molecule has 1 unspecified atom stereocenters. The summed E-state index contributed by atoms with van der Waals surface area (Å²) in [4.78, 5) is 21.1. The van der Waals surface area contributed by atoms with Crippen molar-refractivity contribution in [1.29, 1.82) is 0 Å². The van der Waals surface area contributed by atoms with Crippen LogP contribution in [0.15, 0.2) is 18.2 Å². The molecule has 2 N–H and O–H groups in total. The Morgan fingerprint density at radius 3 is 2.78 bits per heavy atom. The number of hydrogen-bond acceptors (Lipinski definition) is 5. The number of benzene rings is 1. The number of non-ortho nitro benzene ring substituents is 1. The minimum absolute atomic E-state index is 0.0164. The molecule has 0 spiro atoms. The number of hydrogen-bond donors (Lipinski definition) is 1. The van der Waals surface area contributed by atoms with Crippen molar-refractivity contribution in [3.8, 4) is 0 Å². The summed E-state index contributed by atoms with van der Waals surface area (Å²) in [6, 6.07) is 2.12. The van der Waals surface area contributed by atoms with E-state index in [0.29, 0.717) is 0 Å². The highest BCUT2D eigenvalue weighted by molar-refractivity contribution is 5.75. The van der Waals surface area contributed by atoms with E-state index in [9.17, 15) is 19.3 Å². The maximum absolute atomic E-state index is 13.1. The molecule has 0 radical (unpaired) electrons. The minimum atomic E-state index is -0.966. The molecule has 0 aliphatic rings. The molecule has 0 amide bonds. The lowest BCUT2D eigenvalue weighted by atomic mass is 10.1. The number of esters is 1. The molecule has 6 nitrogen and oxygen atoms in total. The fraction of sp³-hybridized carbons (Fsp3) is 0.364. The zero-order valence-electron chi connectivity index (χ0n) is 9.76. The number of nitro groups is 1. The second kappa shape index (κ2) is 6.06. The lowest BCUT2D eigenvalue weighted by Crippen LogP contribution is -2.34. The standard InChI is InChI=1S/C11H13FN2O4/c1-2-18-11(15)10(13)5-7-3-8(12)6-9(4-7)14(16)17/h3-4,6,10H,2,5,13H2,1H3. The molecule has 1 atom stereocenters. The first-order chi connectivity index (χ1) is 8.43. The van der Waals surface area contributed by atoms with E-state index in [0.717, 1.165) is 12.1 Å². The number of ether oxygens (including phenoxy) is 1. The molecule has 0 aliphatic heterocycles. The molecule has 0 aromatic heterocycles. The van der Waals surface area contributed by atoms with Crippen LogP contribution in [0.1, 0.15) is 12.5 Å². The maximum atomic E-state index is 13.1. The molecule has 7 heteroatoms. The number of rotatable bonds is 5. The molecule has 0 saturated carbocycles. The average molecular weight is 256 g/mol. The van der Waals surface area contributed by atoms with Crippen LogP contribution in [0.25, 0.3) is 0 Å². The van der Waals surface area contributed by atoms with Crippen molar-refractivity contribution in [2.24, 2.45) is 5.73 Å². The molecule has 1 aromatic carbocycles. The Labute approximate surface area is 103 Å². The Bertz CT molecular complexity index is 464. The third kappa shape index (κ3) is 3.77. The van der Waals surface area contributed by atoms with Crippen molar-refractivity contribution in [2.45, 2.75) is 19.4 Å². The summed E-state index contributed by atoms with van der Waals surface area (Å²) >= 11 is 0. The van der Waals surface area contributed by atoms with E-state index < -0.39 is 22.8 Å². The van der Waals surface area contributed by atoms with Crippen molar-refractivity contribution in [3.05, 3.63) is 39.7 Å². The first-order valence-electron chi connectivity index (χ1n) is 5.30. The van der Waals surface area contributed by atoms with Crippen LogP contribution in [0.3, 0.4) is 0 Å². The van der Waals surface area contributed by atoms with Crippen LogP contribution in [0.4, 0.5) is 10.1 Å². The molecule has 98 valence electrons. The smallest absolute Gasteiger partial charge is 0.323 e. The molecular formula is C11H13FN2O4. The van der Waals surface area contributed by atoms with Crippen molar-refractivity contribution in [1.82, 2.24) is 0 Å². The minimum Gasteiger partial charge on any atom is -0.465 e. The highest BCUT2D eigenvalue weighted by Crippen LogP contribution is 2.17. The topological polar surface area (TPSA) is 95.5 Å². The molecule has 1 rings (SSSR count). The van der Waals surface area contributed by atoms with Crippen LogP contribution >= 0.6 is 0 Å². The van der Waals surface area contributed by atoms with E-state index in [4.69, 9.17) is 10.5 Å². The van der Waals surface area contributed by atoms with Gasteiger partial charge in [0.25, 0.3) is 5.69 Å². The fourth-order valence-electron chi connectivity index (χ4n) is 1.44. The van der Waals surface area contributed by atoms with Gasteiger partial charge in [-0.1, -0.05) is 0 Å². The van der Waals surface area contributed by atoms with Gasteiger partial charge in [-0.25, -0.2) is 4.39 Å². The van der Waals surface area contributed by atoms with Crippen molar-refractivity contribution < 1.29 is 18.8 Å². The largest absolute Gasteiger partial charge is 0.465 e. The lowest BCUT2D eigenvalue weighted by molar-refractivity contribution is -0.385. The van der Waals surface area contributed by atoms with Gasteiger partial charge < -0.3 is 10.5 Å². The van der Waals surface area contributed by atoms with E-state index in [1.165, 1.54) is 6.07 Å². The Morgan fingerprint density at radius 2 is 2.22 bits per heavy atom. The van der Waals surface area contributed by atoms with Crippen molar-refractivity contribution >= 4 is 11.7 Å². The van der Waals surface area contributed by atoms with Gasteiger partial charge in [0.05, 0.1) is 17.6 Å². The predicted octanol–water partition coefficient (Wildman–Crippen LogP) is 1.17. The predicted molar refractivity (Wildman–Crippen MR) is 61.4 cm³/mol. The van der Waals surface area contributed by atoms with Gasteiger partial charge in [-0.15, -0.1) is 0 Å². The Balaban J connectivity index is 2.84. The molecule has 0 aliphatic carbocycles. The highest BCUT2D eigenvalue weighted by atomic mass is 19.1. The van der Waals surface area contributed by atoms with Crippen LogP contribution in [0.2, 0.25) is 0 Å². The summed E-state index contributed by atoms with van der Waals surface area (Å²) in [7, 11) is 0. The van der Waals surface area contributed by atoms with Crippen molar-refractivity contribution in [2.75, 3.05) is 6.61 Å². The number of halogens is 1. The summed E-state index contributed by atoms with van der Waals surface area (Å²) < 4.78 is 17.8. The van der Waals surface area contributed by atoms with E-state index in [-0.39, 0.29) is 24.3 Å². The molecule has 0 saturated heterocycles. The molecule has 0 bridgehead atoms. The van der Waals surface area contributed by atoms with Gasteiger partial charge in [0.1, 0.15) is 11.9 Å². The number of nitrogens with zero attached hydrogens (tertiary/aromatic N) is 1. The Kier molecular flexibility index (Phi) is 4.73. The summed E-state index contributed by atoms with van der Waals surface area (Å²) in [6.07, 6.45) is -0.0164. The molecule has 1 aromatic rings. The average Bonchev–Trinajstić information content (AvgIpc) is 2.28. The highest BCUT2D eigenvalue weighted by Gasteiger charge is 2.17. The monoisotopic (exact) mass is 256 g/mol. The van der Waals surface area contributed by atoms with Crippen LogP contribution in [-0.2, 0) is 16.0 Å². The summed E-state index contributed by atoms with van der Waals surface area (Å²) in [5.41, 5.74) is 5.45. The Hall–Kier alpha value is -2.02. The van der Waals surface area contributed by atoms with Gasteiger partial charge in [-0.05, 0) is 25.0 Å². The number of carbonyl (C=O) groups excluding carboxylic acids is 1. The molecule has 18 heavy (non-hydrogen) atoms. The van der Waals surface area contributed by atoms with Crippen LogP contribution in [0, 0.1) is 15.9 Å². The van der Waals surface area contributed by atoms with E-state index in [1.54, 1.807) is 6.92 Å². The van der Waals surface area contributed by atoms with Gasteiger partial charge in [-0.3, -0.25) is 14.9 Å². The van der Waals surface area contributed by atoms with E-state index in [2.05, 4.69) is 0 Å². The lowest BCUT2D eigenvalue weighted by Gasteiger charge is -2.10. The normalized spacial score (nSPS) is 11.9. The van der Waals surface area contributed by atoms with Crippen LogP contribution in [-0.4, -0.2) is 23.5 Å². The maximum Gasteiger partial charge on any atom is 0.323 e. The van der Waals surface area contributed by atoms with E-state index in [1.807, 2.05) is 0 Å². The third-order valence-electron chi connectivity index (χ3n) is 2.20.